The fourth-order valence-corrected chi connectivity index (χ4v) is 1.37. The minimum atomic E-state index is -1.22. The highest BCUT2D eigenvalue weighted by Crippen LogP contribution is 2.19. The number of carboxylic acids is 1. The predicted molar refractivity (Wildman–Crippen MR) is 53.8 cm³/mol. The van der Waals surface area contributed by atoms with Crippen molar-refractivity contribution in [2.45, 2.75) is 31.1 Å². The van der Waals surface area contributed by atoms with Crippen LogP contribution in [0.4, 0.5) is 0 Å². The van der Waals surface area contributed by atoms with Gasteiger partial charge in [0.2, 0.25) is 0 Å². The van der Waals surface area contributed by atoms with Gasteiger partial charge in [0.05, 0.1) is 11.1 Å². The molecule has 0 aromatic carbocycles. The molecule has 0 aliphatic heterocycles. The SMILES string of the molecule is C#CC(=O)O.ON=C1CCCCC1Cl. The van der Waals surface area contributed by atoms with E-state index in [2.05, 4.69) is 11.6 Å². The van der Waals surface area contributed by atoms with E-state index in [1.807, 2.05) is 0 Å². The summed E-state index contributed by atoms with van der Waals surface area (Å²) >= 11 is 5.79. The smallest absolute Gasteiger partial charge is 0.381 e. The average Bonchev–Trinajstić information content (AvgIpc) is 2.19. The van der Waals surface area contributed by atoms with E-state index in [4.69, 9.17) is 26.7 Å². The summed E-state index contributed by atoms with van der Waals surface area (Å²) < 4.78 is 0. The van der Waals surface area contributed by atoms with Crippen LogP contribution in [0.25, 0.3) is 0 Å². The van der Waals surface area contributed by atoms with Crippen LogP contribution in [0.1, 0.15) is 25.7 Å². The number of carbonyl (C=O) groups is 1. The van der Waals surface area contributed by atoms with E-state index < -0.39 is 5.97 Å². The molecule has 0 aromatic rings. The molecule has 1 atom stereocenters. The Morgan fingerprint density at radius 3 is 2.50 bits per heavy atom. The first-order chi connectivity index (χ1) is 6.61. The normalized spacial score (nSPS) is 23.1. The first-order valence-corrected chi connectivity index (χ1v) is 4.60. The van der Waals surface area contributed by atoms with E-state index in [-0.39, 0.29) is 5.38 Å². The maximum atomic E-state index is 9.13. The van der Waals surface area contributed by atoms with Crippen LogP contribution in [0, 0.1) is 12.3 Å². The van der Waals surface area contributed by atoms with Crippen molar-refractivity contribution in [1.82, 2.24) is 0 Å². The summed E-state index contributed by atoms with van der Waals surface area (Å²) in [6.07, 6.45) is 8.42. The van der Waals surface area contributed by atoms with Gasteiger partial charge in [0, 0.05) is 5.92 Å². The van der Waals surface area contributed by atoms with Crippen LogP contribution < -0.4 is 0 Å². The molecule has 78 valence electrons. The first-order valence-electron chi connectivity index (χ1n) is 4.16. The molecule has 2 N–H and O–H groups in total. The second-order valence-corrected chi connectivity index (χ2v) is 3.28. The number of terminal acetylenes is 1. The molecule has 5 heteroatoms. The number of aliphatic carboxylic acids is 1. The Morgan fingerprint density at radius 1 is 1.64 bits per heavy atom. The Balaban J connectivity index is 0.000000292. The number of nitrogens with zero attached hydrogens (tertiary/aromatic N) is 1. The molecule has 1 aliphatic rings. The number of hydrogen-bond donors (Lipinski definition) is 2. The zero-order valence-corrected chi connectivity index (χ0v) is 8.37. The molecule has 1 unspecified atom stereocenters. The molecule has 0 aromatic heterocycles. The molecule has 0 spiro atoms. The summed E-state index contributed by atoms with van der Waals surface area (Å²) in [6, 6.07) is 0. The van der Waals surface area contributed by atoms with Gasteiger partial charge >= 0.3 is 5.97 Å². The molecular weight excluding hydrogens is 206 g/mol. The van der Waals surface area contributed by atoms with Crippen LogP contribution in [0.15, 0.2) is 5.16 Å². The minimum absolute atomic E-state index is 0.0104. The lowest BCUT2D eigenvalue weighted by molar-refractivity contribution is -0.130. The minimum Gasteiger partial charge on any atom is -0.472 e. The highest BCUT2D eigenvalue weighted by Gasteiger charge is 2.17. The Bertz CT molecular complexity index is 257. The molecule has 4 nitrogen and oxygen atoms in total. The standard InChI is InChI=1S/C6H10ClNO.C3H2O2/c7-5-3-1-2-4-6(5)8-9;1-2-3(4)5/h5,9H,1-4H2;1H,(H,4,5). The quantitative estimate of drug-likeness (QED) is 0.281. The highest BCUT2D eigenvalue weighted by atomic mass is 35.5. The summed E-state index contributed by atoms with van der Waals surface area (Å²) in [6.45, 7) is 0. The zero-order valence-electron chi connectivity index (χ0n) is 7.61. The van der Waals surface area contributed by atoms with Crippen molar-refractivity contribution in [1.29, 1.82) is 0 Å². The average molecular weight is 218 g/mol. The molecule has 1 fully saturated rings. The number of halogens is 1. The van der Waals surface area contributed by atoms with Crippen molar-refractivity contribution in [3.63, 3.8) is 0 Å². The molecule has 0 bridgehead atoms. The number of carboxylic acid groups (broad SMARTS) is 1. The van der Waals surface area contributed by atoms with E-state index in [0.29, 0.717) is 0 Å². The van der Waals surface area contributed by atoms with Gasteiger partial charge in [0.15, 0.2) is 0 Å². The van der Waals surface area contributed by atoms with Crippen LogP contribution in [0.3, 0.4) is 0 Å². The van der Waals surface area contributed by atoms with Gasteiger partial charge in [-0.3, -0.25) is 0 Å². The van der Waals surface area contributed by atoms with Gasteiger partial charge in [-0.1, -0.05) is 11.6 Å². The van der Waals surface area contributed by atoms with Gasteiger partial charge in [0.25, 0.3) is 0 Å². The Kier molecular flexibility index (Phi) is 6.59. The maximum absolute atomic E-state index is 9.13. The van der Waals surface area contributed by atoms with Gasteiger partial charge in [0.1, 0.15) is 0 Å². The summed E-state index contributed by atoms with van der Waals surface area (Å²) in [5, 5.41) is 19.0. The lowest BCUT2D eigenvalue weighted by Gasteiger charge is -2.15. The molecule has 0 heterocycles. The van der Waals surface area contributed by atoms with Gasteiger partial charge in [-0.05, 0) is 19.3 Å². The predicted octanol–water partition coefficient (Wildman–Crippen LogP) is 1.70. The fraction of sp³-hybridized carbons (Fsp3) is 0.556. The summed E-state index contributed by atoms with van der Waals surface area (Å²) in [7, 11) is 0. The summed E-state index contributed by atoms with van der Waals surface area (Å²) in [5.41, 5.74) is 0.753. The van der Waals surface area contributed by atoms with Crippen LogP contribution in [-0.4, -0.2) is 27.4 Å². The van der Waals surface area contributed by atoms with Crippen LogP contribution in [-0.2, 0) is 4.79 Å². The van der Waals surface area contributed by atoms with E-state index in [1.54, 1.807) is 0 Å². The molecule has 1 saturated carbocycles. The second-order valence-electron chi connectivity index (χ2n) is 2.75. The topological polar surface area (TPSA) is 69.9 Å². The van der Waals surface area contributed by atoms with Crippen LogP contribution in [0.5, 0.6) is 0 Å². The first kappa shape index (κ1) is 12.8. The highest BCUT2D eigenvalue weighted by molar-refractivity contribution is 6.32. The fourth-order valence-electron chi connectivity index (χ4n) is 1.07. The molecule has 0 radical (unpaired) electrons. The van der Waals surface area contributed by atoms with Crippen LogP contribution >= 0.6 is 11.6 Å². The molecule has 0 amide bonds. The number of alkyl halides is 1. The van der Waals surface area contributed by atoms with E-state index >= 15 is 0 Å². The summed E-state index contributed by atoms with van der Waals surface area (Å²) in [4.78, 5) is 9.13. The largest absolute Gasteiger partial charge is 0.472 e. The lowest BCUT2D eigenvalue weighted by atomic mass is 9.98. The lowest BCUT2D eigenvalue weighted by Crippen LogP contribution is -2.18. The molecular formula is C9H12ClNO3. The maximum Gasteiger partial charge on any atom is 0.381 e. The number of hydrogen-bond acceptors (Lipinski definition) is 3. The Labute approximate surface area is 87.6 Å². The van der Waals surface area contributed by atoms with Crippen molar-refractivity contribution >= 4 is 23.3 Å². The van der Waals surface area contributed by atoms with Gasteiger partial charge in [-0.2, -0.15) is 0 Å². The molecule has 1 rings (SSSR count). The monoisotopic (exact) mass is 217 g/mol. The van der Waals surface area contributed by atoms with Gasteiger partial charge in [-0.15, -0.1) is 18.0 Å². The van der Waals surface area contributed by atoms with Crippen molar-refractivity contribution in [2.24, 2.45) is 5.16 Å². The third kappa shape index (κ3) is 5.44. The van der Waals surface area contributed by atoms with Crippen LogP contribution in [0.2, 0.25) is 0 Å². The van der Waals surface area contributed by atoms with E-state index in [9.17, 15) is 0 Å². The molecule has 14 heavy (non-hydrogen) atoms. The van der Waals surface area contributed by atoms with E-state index in [1.165, 1.54) is 5.92 Å². The molecule has 1 aliphatic carbocycles. The number of rotatable bonds is 0. The third-order valence-corrected chi connectivity index (χ3v) is 2.22. The Morgan fingerprint density at radius 2 is 2.21 bits per heavy atom. The van der Waals surface area contributed by atoms with Crippen molar-refractivity contribution in [2.75, 3.05) is 0 Å². The van der Waals surface area contributed by atoms with Crippen molar-refractivity contribution < 1.29 is 15.1 Å². The van der Waals surface area contributed by atoms with E-state index in [0.717, 1.165) is 31.4 Å². The number of oxime groups is 1. The third-order valence-electron chi connectivity index (χ3n) is 1.75. The summed E-state index contributed by atoms with van der Waals surface area (Å²) in [5.74, 6) is 0.227. The van der Waals surface area contributed by atoms with Gasteiger partial charge < -0.3 is 10.3 Å². The van der Waals surface area contributed by atoms with Crippen molar-refractivity contribution in [3.8, 4) is 12.3 Å². The second kappa shape index (κ2) is 7.22. The Hall–Kier alpha value is -1.21. The van der Waals surface area contributed by atoms with Gasteiger partial charge in [-0.25, -0.2) is 4.79 Å². The zero-order chi connectivity index (χ0) is 11.0. The van der Waals surface area contributed by atoms with Crippen molar-refractivity contribution in [3.05, 3.63) is 0 Å². The molecule has 0 saturated heterocycles.